The highest BCUT2D eigenvalue weighted by atomic mass is 16.5. The number of para-hydroxylation sites is 2. The Labute approximate surface area is 124 Å². The quantitative estimate of drug-likeness (QED) is 0.767. The third-order valence-corrected chi connectivity index (χ3v) is 3.09. The molecule has 0 saturated carbocycles. The molecular formula is C16H20N2O3. The zero-order valence-electron chi connectivity index (χ0n) is 12.0. The summed E-state index contributed by atoms with van der Waals surface area (Å²) in [6.45, 7) is 1.91. The van der Waals surface area contributed by atoms with Gasteiger partial charge in [-0.25, -0.2) is 0 Å². The molecule has 5 heteroatoms. The Bertz CT molecular complexity index is 567. The Balaban J connectivity index is 1.70. The number of aryl methyl sites for hydroxylation is 1. The molecule has 1 amide bonds. The van der Waals surface area contributed by atoms with Crippen molar-refractivity contribution in [2.75, 3.05) is 12.3 Å². The number of carbonyl (C=O) groups excluding carboxylic acids is 1. The van der Waals surface area contributed by atoms with Crippen LogP contribution in [0.15, 0.2) is 47.1 Å². The Morgan fingerprint density at radius 3 is 2.86 bits per heavy atom. The lowest BCUT2D eigenvalue weighted by atomic mass is 10.1. The van der Waals surface area contributed by atoms with Crippen LogP contribution in [0.3, 0.4) is 0 Å². The van der Waals surface area contributed by atoms with E-state index in [1.807, 2.05) is 31.2 Å². The highest BCUT2D eigenvalue weighted by Gasteiger charge is 2.09. The van der Waals surface area contributed by atoms with Crippen LogP contribution in [0, 0.1) is 0 Å². The number of nitrogen functional groups attached to an aromatic ring is 1. The molecule has 1 heterocycles. The van der Waals surface area contributed by atoms with Crippen LogP contribution in [0.2, 0.25) is 0 Å². The van der Waals surface area contributed by atoms with E-state index in [-0.39, 0.29) is 18.6 Å². The van der Waals surface area contributed by atoms with Gasteiger partial charge in [0.1, 0.15) is 11.5 Å². The fourth-order valence-electron chi connectivity index (χ4n) is 1.96. The summed E-state index contributed by atoms with van der Waals surface area (Å²) in [4.78, 5) is 11.8. The van der Waals surface area contributed by atoms with Crippen molar-refractivity contribution in [3.63, 3.8) is 0 Å². The van der Waals surface area contributed by atoms with Gasteiger partial charge in [-0.15, -0.1) is 0 Å². The van der Waals surface area contributed by atoms with Gasteiger partial charge in [0, 0.05) is 12.5 Å². The summed E-state index contributed by atoms with van der Waals surface area (Å²) in [7, 11) is 0. The Morgan fingerprint density at radius 1 is 1.33 bits per heavy atom. The number of carbonyl (C=O) groups is 1. The van der Waals surface area contributed by atoms with E-state index in [0.29, 0.717) is 11.4 Å². The molecule has 2 aromatic rings. The minimum Gasteiger partial charge on any atom is -0.482 e. The lowest BCUT2D eigenvalue weighted by molar-refractivity contribution is -0.123. The number of hydrogen-bond acceptors (Lipinski definition) is 4. The number of rotatable bonds is 7. The van der Waals surface area contributed by atoms with Crippen LogP contribution >= 0.6 is 0 Å². The van der Waals surface area contributed by atoms with E-state index in [4.69, 9.17) is 14.9 Å². The van der Waals surface area contributed by atoms with Crippen molar-refractivity contribution in [1.29, 1.82) is 0 Å². The molecule has 1 aromatic carbocycles. The summed E-state index contributed by atoms with van der Waals surface area (Å²) >= 11 is 0. The predicted octanol–water partition coefficient (Wildman–Crippen LogP) is 2.38. The van der Waals surface area contributed by atoms with Crippen LogP contribution in [-0.2, 0) is 11.2 Å². The molecular weight excluding hydrogens is 268 g/mol. The first-order chi connectivity index (χ1) is 10.1. The number of nitrogens with one attached hydrogen (secondary N) is 1. The van der Waals surface area contributed by atoms with Gasteiger partial charge in [0.2, 0.25) is 0 Å². The second-order valence-electron chi connectivity index (χ2n) is 4.91. The maximum absolute atomic E-state index is 11.8. The van der Waals surface area contributed by atoms with Crippen LogP contribution in [0.25, 0.3) is 0 Å². The molecule has 0 spiro atoms. The van der Waals surface area contributed by atoms with E-state index < -0.39 is 0 Å². The van der Waals surface area contributed by atoms with Gasteiger partial charge >= 0.3 is 0 Å². The molecule has 0 aliphatic carbocycles. The molecule has 5 nitrogen and oxygen atoms in total. The average molecular weight is 288 g/mol. The summed E-state index contributed by atoms with van der Waals surface area (Å²) in [5.74, 6) is 1.28. The van der Waals surface area contributed by atoms with Crippen molar-refractivity contribution < 1.29 is 13.9 Å². The molecule has 0 saturated heterocycles. The van der Waals surface area contributed by atoms with E-state index in [1.165, 1.54) is 0 Å². The zero-order valence-corrected chi connectivity index (χ0v) is 12.0. The third-order valence-electron chi connectivity index (χ3n) is 3.09. The summed E-state index contributed by atoms with van der Waals surface area (Å²) in [5, 5.41) is 2.89. The zero-order chi connectivity index (χ0) is 15.1. The van der Waals surface area contributed by atoms with Crippen molar-refractivity contribution in [2.24, 2.45) is 0 Å². The number of anilines is 1. The highest BCUT2D eigenvalue weighted by molar-refractivity contribution is 5.78. The normalized spacial score (nSPS) is 11.9. The Hall–Kier alpha value is -2.43. The first-order valence-electron chi connectivity index (χ1n) is 6.94. The molecule has 0 aliphatic heterocycles. The van der Waals surface area contributed by atoms with Gasteiger partial charge in [-0.3, -0.25) is 4.79 Å². The number of furan rings is 1. The lowest BCUT2D eigenvalue weighted by Gasteiger charge is -2.14. The van der Waals surface area contributed by atoms with Gasteiger partial charge in [0.15, 0.2) is 6.61 Å². The molecule has 0 fully saturated rings. The number of amides is 1. The molecule has 1 unspecified atom stereocenters. The second-order valence-corrected chi connectivity index (χ2v) is 4.91. The molecule has 3 N–H and O–H groups in total. The highest BCUT2D eigenvalue weighted by Crippen LogP contribution is 2.19. The minimum atomic E-state index is -0.162. The van der Waals surface area contributed by atoms with Gasteiger partial charge in [-0.2, -0.15) is 0 Å². The van der Waals surface area contributed by atoms with Crippen molar-refractivity contribution in [3.05, 3.63) is 48.4 Å². The lowest BCUT2D eigenvalue weighted by Crippen LogP contribution is -2.36. The van der Waals surface area contributed by atoms with Crippen LogP contribution in [0.1, 0.15) is 19.1 Å². The fraction of sp³-hybridized carbons (Fsp3) is 0.312. The SMILES string of the molecule is CC(CCc1ccco1)NC(=O)COc1ccccc1N. The Kier molecular flexibility index (Phi) is 5.26. The molecule has 2 rings (SSSR count). The van der Waals surface area contributed by atoms with Gasteiger partial charge < -0.3 is 20.2 Å². The molecule has 1 atom stereocenters. The number of hydrogen-bond donors (Lipinski definition) is 2. The predicted molar refractivity (Wildman–Crippen MR) is 81.0 cm³/mol. The Morgan fingerprint density at radius 2 is 2.14 bits per heavy atom. The van der Waals surface area contributed by atoms with Gasteiger partial charge in [0.25, 0.3) is 5.91 Å². The first kappa shape index (κ1) is 15.0. The topological polar surface area (TPSA) is 77.5 Å². The average Bonchev–Trinajstić information content (AvgIpc) is 2.97. The molecule has 0 radical (unpaired) electrons. The van der Waals surface area contributed by atoms with Gasteiger partial charge in [-0.05, 0) is 37.6 Å². The van der Waals surface area contributed by atoms with E-state index in [2.05, 4.69) is 5.32 Å². The number of nitrogens with two attached hydrogens (primary N) is 1. The van der Waals surface area contributed by atoms with Gasteiger partial charge in [0.05, 0.1) is 12.0 Å². The van der Waals surface area contributed by atoms with E-state index in [0.717, 1.165) is 18.6 Å². The van der Waals surface area contributed by atoms with E-state index >= 15 is 0 Å². The van der Waals surface area contributed by atoms with Crippen molar-refractivity contribution in [3.8, 4) is 5.75 Å². The summed E-state index contributed by atoms with van der Waals surface area (Å²) in [6.07, 6.45) is 3.25. The number of benzene rings is 1. The van der Waals surface area contributed by atoms with Crippen molar-refractivity contribution in [1.82, 2.24) is 5.32 Å². The van der Waals surface area contributed by atoms with Crippen molar-refractivity contribution >= 4 is 11.6 Å². The summed E-state index contributed by atoms with van der Waals surface area (Å²) in [5.41, 5.74) is 6.27. The van der Waals surface area contributed by atoms with Gasteiger partial charge in [-0.1, -0.05) is 12.1 Å². The molecule has 1 aromatic heterocycles. The van der Waals surface area contributed by atoms with E-state index in [9.17, 15) is 4.79 Å². The summed E-state index contributed by atoms with van der Waals surface area (Å²) < 4.78 is 10.7. The summed E-state index contributed by atoms with van der Waals surface area (Å²) in [6, 6.07) is 10.9. The molecule has 112 valence electrons. The number of ether oxygens (including phenoxy) is 1. The van der Waals surface area contributed by atoms with Crippen molar-refractivity contribution in [2.45, 2.75) is 25.8 Å². The molecule has 0 bridgehead atoms. The smallest absolute Gasteiger partial charge is 0.258 e. The monoisotopic (exact) mass is 288 g/mol. The van der Waals surface area contributed by atoms with Crippen LogP contribution < -0.4 is 15.8 Å². The second kappa shape index (κ2) is 7.38. The fourth-order valence-corrected chi connectivity index (χ4v) is 1.96. The standard InChI is InChI=1S/C16H20N2O3/c1-12(8-9-13-5-4-10-20-13)18-16(19)11-21-15-7-3-2-6-14(15)17/h2-7,10,12H,8-9,11,17H2,1H3,(H,18,19). The maximum atomic E-state index is 11.8. The third kappa shape index (κ3) is 4.87. The van der Waals surface area contributed by atoms with Crippen LogP contribution in [0.5, 0.6) is 5.75 Å². The van der Waals surface area contributed by atoms with Crippen LogP contribution in [-0.4, -0.2) is 18.6 Å². The largest absolute Gasteiger partial charge is 0.482 e. The van der Waals surface area contributed by atoms with E-state index in [1.54, 1.807) is 18.4 Å². The first-order valence-corrected chi connectivity index (χ1v) is 6.94. The van der Waals surface area contributed by atoms with Crippen LogP contribution in [0.4, 0.5) is 5.69 Å². The molecule has 0 aliphatic rings. The minimum absolute atomic E-state index is 0.0424. The molecule has 21 heavy (non-hydrogen) atoms. The maximum Gasteiger partial charge on any atom is 0.258 e.